The minimum absolute atomic E-state index is 0.202. The van der Waals surface area contributed by atoms with E-state index in [0.717, 1.165) is 10.6 Å². The summed E-state index contributed by atoms with van der Waals surface area (Å²) >= 11 is 6.67. The average Bonchev–Trinajstić information content (AvgIpc) is 2.77. The third-order valence-electron chi connectivity index (χ3n) is 4.08. The molecule has 6 nitrogen and oxygen atoms in total. The van der Waals surface area contributed by atoms with Crippen molar-refractivity contribution >= 4 is 46.6 Å². The molecular formula is C22H17N5OS2. The number of nitrogens with one attached hydrogen (secondary N) is 2. The Kier molecular flexibility index (Phi) is 6.17. The van der Waals surface area contributed by atoms with E-state index in [4.69, 9.17) is 12.2 Å². The first-order valence-electron chi connectivity index (χ1n) is 9.10. The molecule has 4 aromatic rings. The van der Waals surface area contributed by atoms with Gasteiger partial charge in [0.15, 0.2) is 5.11 Å². The predicted molar refractivity (Wildman–Crippen MR) is 125 cm³/mol. The van der Waals surface area contributed by atoms with Crippen LogP contribution < -0.4 is 16.3 Å². The zero-order valence-corrected chi connectivity index (χ0v) is 17.4. The van der Waals surface area contributed by atoms with Gasteiger partial charge < -0.3 is 5.32 Å². The molecule has 0 aliphatic heterocycles. The van der Waals surface area contributed by atoms with Crippen LogP contribution in [0.5, 0.6) is 0 Å². The first-order chi connectivity index (χ1) is 14.7. The summed E-state index contributed by atoms with van der Waals surface area (Å²) < 4.78 is 1.50. The van der Waals surface area contributed by atoms with Gasteiger partial charge in [0.1, 0.15) is 10.7 Å². The lowest BCUT2D eigenvalue weighted by molar-refractivity contribution is 0.970. The monoisotopic (exact) mass is 431 g/mol. The minimum atomic E-state index is -0.202. The highest BCUT2D eigenvalue weighted by atomic mass is 32.2. The second-order valence-electron chi connectivity index (χ2n) is 6.17. The van der Waals surface area contributed by atoms with Crippen molar-refractivity contribution in [1.29, 1.82) is 0 Å². The Balaban J connectivity index is 1.62. The fourth-order valence-corrected chi connectivity index (χ4v) is 3.78. The Bertz CT molecular complexity index is 1260. The third-order valence-corrected chi connectivity index (χ3v) is 5.29. The molecule has 0 saturated heterocycles. The van der Waals surface area contributed by atoms with Crippen molar-refractivity contribution in [3.05, 3.63) is 101 Å². The first-order valence-corrected chi connectivity index (χ1v) is 10.3. The molecular weight excluding hydrogens is 414 g/mol. The lowest BCUT2D eigenvalue weighted by Crippen LogP contribution is -2.25. The van der Waals surface area contributed by atoms with E-state index in [0.29, 0.717) is 21.3 Å². The van der Waals surface area contributed by atoms with E-state index < -0.39 is 0 Å². The summed E-state index contributed by atoms with van der Waals surface area (Å²) in [7, 11) is 0. The van der Waals surface area contributed by atoms with E-state index in [2.05, 4.69) is 20.8 Å². The van der Waals surface area contributed by atoms with Crippen molar-refractivity contribution in [3.63, 3.8) is 0 Å². The molecule has 0 bridgehead atoms. The van der Waals surface area contributed by atoms with E-state index in [1.807, 2.05) is 66.7 Å². The molecule has 0 aliphatic carbocycles. The van der Waals surface area contributed by atoms with Crippen molar-refractivity contribution in [1.82, 2.24) is 14.8 Å². The number of hydrogen-bond donors (Lipinski definition) is 2. The number of hydrazone groups is 1. The van der Waals surface area contributed by atoms with Gasteiger partial charge in [-0.15, -0.1) is 0 Å². The van der Waals surface area contributed by atoms with Gasteiger partial charge in [-0.05, 0) is 48.6 Å². The van der Waals surface area contributed by atoms with Crippen LogP contribution in [0.3, 0.4) is 0 Å². The first kappa shape index (κ1) is 19.8. The molecule has 2 aromatic carbocycles. The van der Waals surface area contributed by atoms with Crippen LogP contribution in [0.25, 0.3) is 5.65 Å². The molecule has 0 fully saturated rings. The number of anilines is 1. The van der Waals surface area contributed by atoms with Crippen molar-refractivity contribution in [2.24, 2.45) is 5.10 Å². The van der Waals surface area contributed by atoms with Crippen LogP contribution in [0.15, 0.2) is 105 Å². The number of thiocarbonyl (C=S) groups is 1. The van der Waals surface area contributed by atoms with Crippen LogP contribution in [0.4, 0.5) is 5.69 Å². The summed E-state index contributed by atoms with van der Waals surface area (Å²) in [4.78, 5) is 18.7. The second-order valence-corrected chi connectivity index (χ2v) is 7.64. The van der Waals surface area contributed by atoms with Crippen molar-refractivity contribution in [3.8, 4) is 0 Å². The summed E-state index contributed by atoms with van der Waals surface area (Å²) in [6, 6.07) is 24.7. The molecule has 0 saturated carbocycles. The van der Waals surface area contributed by atoms with E-state index in [1.54, 1.807) is 18.3 Å². The predicted octanol–water partition coefficient (Wildman–Crippen LogP) is 4.17. The highest BCUT2D eigenvalue weighted by molar-refractivity contribution is 7.99. The molecule has 148 valence electrons. The van der Waals surface area contributed by atoms with Gasteiger partial charge in [-0.25, -0.2) is 4.98 Å². The molecule has 2 heterocycles. The Morgan fingerprint density at radius 1 is 1.00 bits per heavy atom. The largest absolute Gasteiger partial charge is 0.331 e. The van der Waals surface area contributed by atoms with E-state index in [-0.39, 0.29) is 5.56 Å². The molecule has 0 spiro atoms. The Hall–Kier alpha value is -3.49. The van der Waals surface area contributed by atoms with Gasteiger partial charge in [0, 0.05) is 16.8 Å². The van der Waals surface area contributed by atoms with Crippen LogP contribution in [0, 0.1) is 0 Å². The lowest BCUT2D eigenvalue weighted by atomic mass is 10.3. The highest BCUT2D eigenvalue weighted by Gasteiger charge is 2.12. The molecule has 0 aliphatic rings. The summed E-state index contributed by atoms with van der Waals surface area (Å²) in [5.74, 6) is 0. The second kappa shape index (κ2) is 9.34. The van der Waals surface area contributed by atoms with Gasteiger partial charge in [0.05, 0.1) is 11.8 Å². The van der Waals surface area contributed by atoms with Gasteiger partial charge in [-0.3, -0.25) is 14.6 Å². The molecule has 0 atom stereocenters. The molecule has 30 heavy (non-hydrogen) atoms. The number of para-hydroxylation sites is 1. The Morgan fingerprint density at radius 2 is 1.70 bits per heavy atom. The molecule has 2 N–H and O–H groups in total. The zero-order chi connectivity index (χ0) is 20.8. The van der Waals surface area contributed by atoms with E-state index >= 15 is 0 Å². The van der Waals surface area contributed by atoms with Crippen LogP contribution in [-0.4, -0.2) is 20.7 Å². The number of pyridine rings is 1. The SMILES string of the molecule is O=c1c(C=NNC(=S)Nc2ccccc2)c(Sc2ccccc2)nc2ccccn12. The van der Waals surface area contributed by atoms with Crippen LogP contribution in [-0.2, 0) is 0 Å². The van der Waals surface area contributed by atoms with Crippen LogP contribution in [0.2, 0.25) is 0 Å². The van der Waals surface area contributed by atoms with Gasteiger partial charge in [-0.2, -0.15) is 5.10 Å². The fraction of sp³-hybridized carbons (Fsp3) is 0. The van der Waals surface area contributed by atoms with Gasteiger partial charge in [-0.1, -0.05) is 54.2 Å². The number of fused-ring (bicyclic) bond motifs is 1. The Morgan fingerprint density at radius 3 is 2.47 bits per heavy atom. The maximum atomic E-state index is 13.0. The lowest BCUT2D eigenvalue weighted by Gasteiger charge is -2.08. The molecule has 0 radical (unpaired) electrons. The standard InChI is InChI=1S/C22H17N5OS2/c28-21-18(15-23-26-22(29)24-16-9-3-1-4-10-16)20(30-17-11-5-2-6-12-17)25-19-13-7-8-14-27(19)21/h1-15H,(H2,24,26,29). The fourth-order valence-electron chi connectivity index (χ4n) is 2.71. The summed E-state index contributed by atoms with van der Waals surface area (Å²) in [5, 5.41) is 8.09. The quantitative estimate of drug-likeness (QED) is 0.214. The molecule has 4 rings (SSSR count). The van der Waals surface area contributed by atoms with E-state index in [1.165, 1.54) is 22.4 Å². The minimum Gasteiger partial charge on any atom is -0.331 e. The van der Waals surface area contributed by atoms with Crippen molar-refractivity contribution < 1.29 is 0 Å². The highest BCUT2D eigenvalue weighted by Crippen LogP contribution is 2.27. The van der Waals surface area contributed by atoms with Gasteiger partial charge in [0.2, 0.25) is 0 Å². The van der Waals surface area contributed by atoms with Crippen LogP contribution >= 0.6 is 24.0 Å². The summed E-state index contributed by atoms with van der Waals surface area (Å²) in [5.41, 5.74) is 4.35. The van der Waals surface area contributed by atoms with E-state index in [9.17, 15) is 4.79 Å². The summed E-state index contributed by atoms with van der Waals surface area (Å²) in [6.07, 6.45) is 3.15. The molecule has 0 amide bonds. The average molecular weight is 432 g/mol. The topological polar surface area (TPSA) is 70.8 Å². The molecule has 2 aromatic heterocycles. The smallest absolute Gasteiger partial charge is 0.267 e. The number of hydrogen-bond acceptors (Lipinski definition) is 5. The molecule has 0 unspecified atom stereocenters. The number of aromatic nitrogens is 2. The normalized spacial score (nSPS) is 10.9. The number of nitrogens with zero attached hydrogens (tertiary/aromatic N) is 3. The Labute approximate surface area is 182 Å². The van der Waals surface area contributed by atoms with Gasteiger partial charge in [0.25, 0.3) is 5.56 Å². The maximum absolute atomic E-state index is 13.0. The van der Waals surface area contributed by atoms with Crippen molar-refractivity contribution in [2.75, 3.05) is 5.32 Å². The number of rotatable bonds is 5. The van der Waals surface area contributed by atoms with Crippen LogP contribution in [0.1, 0.15) is 5.56 Å². The van der Waals surface area contributed by atoms with Gasteiger partial charge >= 0.3 is 0 Å². The maximum Gasteiger partial charge on any atom is 0.267 e. The summed E-state index contributed by atoms with van der Waals surface area (Å²) in [6.45, 7) is 0. The zero-order valence-electron chi connectivity index (χ0n) is 15.7. The third kappa shape index (κ3) is 4.73. The molecule has 8 heteroatoms. The number of benzene rings is 2. The van der Waals surface area contributed by atoms with Crippen molar-refractivity contribution in [2.45, 2.75) is 9.92 Å².